The Balaban J connectivity index is 1.97. The second kappa shape index (κ2) is 3.93. The first-order valence-electron chi connectivity index (χ1n) is 5.46. The molecule has 2 aliphatic rings. The zero-order chi connectivity index (χ0) is 11.8. The summed E-state index contributed by atoms with van der Waals surface area (Å²) in [6.07, 6.45) is -0.0405. The number of carbonyl (C=O) groups is 2. The van der Waals surface area contributed by atoms with Gasteiger partial charge in [-0.3, -0.25) is 4.79 Å². The van der Waals surface area contributed by atoms with Crippen LogP contribution >= 0.6 is 0 Å². The number of likely N-dealkylation sites (tertiary alicyclic amines) is 1. The minimum atomic E-state index is -0.886. The molecule has 2 aliphatic heterocycles. The molecule has 2 saturated heterocycles. The van der Waals surface area contributed by atoms with E-state index in [1.54, 1.807) is 6.92 Å². The number of hydrogen-bond acceptors (Lipinski definition) is 3. The molecule has 1 atom stereocenters. The molecule has 2 amide bonds. The number of piperidine rings is 1. The third kappa shape index (κ3) is 1.97. The number of morpholine rings is 1. The van der Waals surface area contributed by atoms with Gasteiger partial charge in [-0.05, 0) is 19.8 Å². The first kappa shape index (κ1) is 11.2. The molecular weight excluding hydrogens is 212 g/mol. The van der Waals surface area contributed by atoms with Crippen LogP contribution in [0.5, 0.6) is 0 Å². The summed E-state index contributed by atoms with van der Waals surface area (Å²) in [4.78, 5) is 23.4. The zero-order valence-electron chi connectivity index (χ0n) is 9.23. The minimum Gasteiger partial charge on any atom is -0.465 e. The van der Waals surface area contributed by atoms with E-state index in [2.05, 4.69) is 5.32 Å². The SMILES string of the molecule is CC1OC2(CCN(C(=O)O)CC2)CNC1=O. The quantitative estimate of drug-likeness (QED) is 0.613. The van der Waals surface area contributed by atoms with Gasteiger partial charge < -0.3 is 20.1 Å². The van der Waals surface area contributed by atoms with Crippen molar-refractivity contribution in [3.05, 3.63) is 0 Å². The number of amides is 2. The molecule has 90 valence electrons. The van der Waals surface area contributed by atoms with Crippen molar-refractivity contribution in [1.82, 2.24) is 10.2 Å². The van der Waals surface area contributed by atoms with E-state index >= 15 is 0 Å². The zero-order valence-corrected chi connectivity index (χ0v) is 9.23. The van der Waals surface area contributed by atoms with Gasteiger partial charge in [0.15, 0.2) is 0 Å². The predicted molar refractivity (Wildman–Crippen MR) is 55.1 cm³/mol. The van der Waals surface area contributed by atoms with E-state index in [9.17, 15) is 9.59 Å². The second-order valence-corrected chi connectivity index (χ2v) is 4.43. The molecule has 2 heterocycles. The molecule has 0 radical (unpaired) electrons. The molecule has 0 saturated carbocycles. The van der Waals surface area contributed by atoms with Crippen LogP contribution < -0.4 is 5.32 Å². The molecule has 0 aromatic rings. The standard InChI is InChI=1S/C10H16N2O4/c1-7-8(13)11-6-10(16-7)2-4-12(5-3-10)9(14)15/h7H,2-6H2,1H3,(H,11,13)(H,14,15). The topological polar surface area (TPSA) is 78.9 Å². The summed E-state index contributed by atoms with van der Waals surface area (Å²) in [6.45, 7) is 3.15. The lowest BCUT2D eigenvalue weighted by Gasteiger charge is -2.44. The van der Waals surface area contributed by atoms with Crippen molar-refractivity contribution in [3.8, 4) is 0 Å². The number of hydrogen-bond donors (Lipinski definition) is 2. The van der Waals surface area contributed by atoms with Crippen molar-refractivity contribution in [2.24, 2.45) is 0 Å². The summed E-state index contributed by atoms with van der Waals surface area (Å²) in [5, 5.41) is 11.6. The van der Waals surface area contributed by atoms with Crippen molar-refractivity contribution < 1.29 is 19.4 Å². The van der Waals surface area contributed by atoms with Crippen molar-refractivity contribution in [2.45, 2.75) is 31.5 Å². The second-order valence-electron chi connectivity index (χ2n) is 4.43. The molecule has 6 nitrogen and oxygen atoms in total. The molecule has 2 rings (SSSR count). The highest BCUT2D eigenvalue weighted by Gasteiger charge is 2.42. The molecule has 0 aromatic heterocycles. The van der Waals surface area contributed by atoms with Crippen molar-refractivity contribution in [2.75, 3.05) is 19.6 Å². The summed E-state index contributed by atoms with van der Waals surface area (Å²) >= 11 is 0. The lowest BCUT2D eigenvalue weighted by Crippen LogP contribution is -2.60. The largest absolute Gasteiger partial charge is 0.465 e. The molecule has 2 fully saturated rings. The van der Waals surface area contributed by atoms with Crippen LogP contribution in [-0.2, 0) is 9.53 Å². The van der Waals surface area contributed by atoms with Gasteiger partial charge in [-0.1, -0.05) is 0 Å². The Kier molecular flexibility index (Phi) is 2.75. The van der Waals surface area contributed by atoms with Crippen molar-refractivity contribution >= 4 is 12.0 Å². The molecule has 0 bridgehead atoms. The summed E-state index contributed by atoms with van der Waals surface area (Å²) in [7, 11) is 0. The third-order valence-corrected chi connectivity index (χ3v) is 3.33. The predicted octanol–water partition coefficient (Wildman–Crippen LogP) is 0.0339. The van der Waals surface area contributed by atoms with Gasteiger partial charge in [0.05, 0.1) is 5.60 Å². The van der Waals surface area contributed by atoms with Gasteiger partial charge in [0.2, 0.25) is 5.91 Å². The molecule has 2 N–H and O–H groups in total. The van der Waals surface area contributed by atoms with Crippen LogP contribution in [0.3, 0.4) is 0 Å². The average Bonchev–Trinajstić information content (AvgIpc) is 2.25. The highest BCUT2D eigenvalue weighted by molar-refractivity contribution is 5.81. The van der Waals surface area contributed by atoms with Gasteiger partial charge in [0.25, 0.3) is 0 Å². The van der Waals surface area contributed by atoms with E-state index in [0.717, 1.165) is 0 Å². The number of carbonyl (C=O) groups excluding carboxylic acids is 1. The van der Waals surface area contributed by atoms with Crippen molar-refractivity contribution in [1.29, 1.82) is 0 Å². The smallest absolute Gasteiger partial charge is 0.407 e. The van der Waals surface area contributed by atoms with E-state index in [1.807, 2.05) is 0 Å². The monoisotopic (exact) mass is 228 g/mol. The number of nitrogens with zero attached hydrogens (tertiary/aromatic N) is 1. The van der Waals surface area contributed by atoms with Crippen LogP contribution in [0.2, 0.25) is 0 Å². The van der Waals surface area contributed by atoms with Gasteiger partial charge in [0.1, 0.15) is 6.10 Å². The first-order valence-corrected chi connectivity index (χ1v) is 5.46. The lowest BCUT2D eigenvalue weighted by molar-refractivity contribution is -0.166. The van der Waals surface area contributed by atoms with Crippen LogP contribution in [0.25, 0.3) is 0 Å². The Bertz CT molecular complexity index is 310. The van der Waals surface area contributed by atoms with Crippen LogP contribution in [0.1, 0.15) is 19.8 Å². The Labute approximate surface area is 93.6 Å². The van der Waals surface area contributed by atoms with Crippen LogP contribution in [0.4, 0.5) is 4.79 Å². The fourth-order valence-corrected chi connectivity index (χ4v) is 2.26. The molecule has 16 heavy (non-hydrogen) atoms. The molecule has 0 aromatic carbocycles. The Hall–Kier alpha value is -1.30. The summed E-state index contributed by atoms with van der Waals surface area (Å²) < 4.78 is 5.72. The normalized spacial score (nSPS) is 28.9. The highest BCUT2D eigenvalue weighted by atomic mass is 16.5. The van der Waals surface area contributed by atoms with Gasteiger partial charge in [-0.2, -0.15) is 0 Å². The molecular formula is C10H16N2O4. The maximum Gasteiger partial charge on any atom is 0.407 e. The summed E-state index contributed by atoms with van der Waals surface area (Å²) in [6, 6.07) is 0. The lowest BCUT2D eigenvalue weighted by atomic mass is 9.89. The van der Waals surface area contributed by atoms with Gasteiger partial charge >= 0.3 is 6.09 Å². The van der Waals surface area contributed by atoms with E-state index in [-0.39, 0.29) is 11.5 Å². The third-order valence-electron chi connectivity index (χ3n) is 3.33. The van der Waals surface area contributed by atoms with E-state index in [1.165, 1.54) is 4.90 Å². The maximum atomic E-state index is 11.3. The Morgan fingerprint density at radius 2 is 2.19 bits per heavy atom. The average molecular weight is 228 g/mol. The number of nitrogens with one attached hydrogen (secondary N) is 1. The summed E-state index contributed by atoms with van der Waals surface area (Å²) in [5.41, 5.74) is -0.362. The van der Waals surface area contributed by atoms with Crippen molar-refractivity contribution in [3.63, 3.8) is 0 Å². The van der Waals surface area contributed by atoms with Crippen LogP contribution in [0, 0.1) is 0 Å². The number of carboxylic acid groups (broad SMARTS) is 1. The van der Waals surface area contributed by atoms with E-state index < -0.39 is 12.2 Å². The Morgan fingerprint density at radius 3 is 2.69 bits per heavy atom. The van der Waals surface area contributed by atoms with Gasteiger partial charge in [-0.25, -0.2) is 4.79 Å². The Morgan fingerprint density at radius 1 is 1.56 bits per heavy atom. The number of rotatable bonds is 0. The molecule has 1 unspecified atom stereocenters. The first-order chi connectivity index (χ1) is 7.52. The fourth-order valence-electron chi connectivity index (χ4n) is 2.26. The van der Waals surface area contributed by atoms with Gasteiger partial charge in [-0.15, -0.1) is 0 Å². The maximum absolute atomic E-state index is 11.3. The van der Waals surface area contributed by atoms with Gasteiger partial charge in [0, 0.05) is 19.6 Å². The van der Waals surface area contributed by atoms with E-state index in [0.29, 0.717) is 32.5 Å². The number of ether oxygens (including phenoxy) is 1. The molecule has 6 heteroatoms. The fraction of sp³-hybridized carbons (Fsp3) is 0.800. The molecule has 1 spiro atoms. The highest BCUT2D eigenvalue weighted by Crippen LogP contribution is 2.29. The summed E-state index contributed by atoms with van der Waals surface area (Å²) in [5.74, 6) is -0.0914. The van der Waals surface area contributed by atoms with Crippen LogP contribution in [-0.4, -0.2) is 53.3 Å². The minimum absolute atomic E-state index is 0.0914. The van der Waals surface area contributed by atoms with Crippen LogP contribution in [0.15, 0.2) is 0 Å². The van der Waals surface area contributed by atoms with E-state index in [4.69, 9.17) is 9.84 Å². The molecule has 0 aliphatic carbocycles.